The molecule has 2 aromatic heterocycles. The average Bonchev–Trinajstić information content (AvgIpc) is 2.60. The Hall–Kier alpha value is -2.44. The maximum absolute atomic E-state index is 11.6. The molecule has 0 aliphatic carbocycles. The van der Waals surface area contributed by atoms with Crippen molar-refractivity contribution >= 4 is 5.97 Å². The highest BCUT2D eigenvalue weighted by molar-refractivity contribution is 5.84. The summed E-state index contributed by atoms with van der Waals surface area (Å²) in [4.78, 5) is 22.4. The van der Waals surface area contributed by atoms with E-state index < -0.39 is 5.97 Å². The van der Waals surface area contributed by atoms with Crippen LogP contribution in [0, 0.1) is 6.92 Å². The van der Waals surface area contributed by atoms with Gasteiger partial charge in [-0.1, -0.05) is 0 Å². The zero-order valence-corrected chi connectivity index (χ0v) is 9.99. The van der Waals surface area contributed by atoms with Crippen LogP contribution in [0.15, 0.2) is 23.0 Å². The van der Waals surface area contributed by atoms with E-state index >= 15 is 0 Å². The fourth-order valence-corrected chi connectivity index (χ4v) is 1.64. The van der Waals surface area contributed by atoms with Gasteiger partial charge in [0, 0.05) is 13.1 Å². The molecule has 0 fully saturated rings. The third kappa shape index (κ3) is 2.29. The van der Waals surface area contributed by atoms with Crippen LogP contribution in [-0.4, -0.2) is 30.6 Å². The molecule has 0 saturated heterocycles. The number of hydrogen-bond acceptors (Lipinski definition) is 4. The van der Waals surface area contributed by atoms with Gasteiger partial charge in [-0.15, -0.1) is 0 Å². The average molecular weight is 248 g/mol. The van der Waals surface area contributed by atoms with E-state index in [0.717, 1.165) is 16.1 Å². The van der Waals surface area contributed by atoms with Gasteiger partial charge in [0.2, 0.25) is 0 Å². The van der Waals surface area contributed by atoms with Gasteiger partial charge in [0.15, 0.2) is 5.69 Å². The van der Waals surface area contributed by atoms with Gasteiger partial charge < -0.3 is 5.11 Å². The molecule has 0 unspecified atom stereocenters. The summed E-state index contributed by atoms with van der Waals surface area (Å²) in [6.45, 7) is 2.03. The molecule has 0 bridgehead atoms. The lowest BCUT2D eigenvalue weighted by atomic mass is 10.3. The number of carboxylic acids is 1. The Labute approximate surface area is 102 Å². The maximum atomic E-state index is 11.6. The van der Waals surface area contributed by atoms with Crippen LogP contribution in [-0.2, 0) is 13.6 Å². The second kappa shape index (κ2) is 4.44. The molecule has 0 spiro atoms. The van der Waals surface area contributed by atoms with Gasteiger partial charge in [-0.2, -0.15) is 10.2 Å². The Morgan fingerprint density at radius 3 is 2.67 bits per heavy atom. The molecule has 0 aliphatic heterocycles. The zero-order chi connectivity index (χ0) is 13.3. The molecule has 18 heavy (non-hydrogen) atoms. The molecule has 0 radical (unpaired) electrons. The maximum Gasteiger partial charge on any atom is 0.356 e. The van der Waals surface area contributed by atoms with Crippen molar-refractivity contribution in [2.75, 3.05) is 0 Å². The summed E-state index contributed by atoms with van der Waals surface area (Å²) in [5.41, 5.74) is 1.10. The standard InChI is InChI=1S/C11H12N4O3/c1-7-5-8(14(2)12-7)6-15-10(16)4-3-9(13-15)11(17)18/h3-5H,6H2,1-2H3,(H,17,18). The van der Waals surface area contributed by atoms with Crippen LogP contribution in [0.1, 0.15) is 21.9 Å². The predicted octanol–water partition coefficient (Wildman–Crippen LogP) is 0.0317. The fourth-order valence-electron chi connectivity index (χ4n) is 1.64. The van der Waals surface area contributed by atoms with E-state index in [1.165, 1.54) is 12.1 Å². The number of nitrogens with zero attached hydrogens (tertiary/aromatic N) is 4. The molecule has 2 heterocycles. The van der Waals surface area contributed by atoms with E-state index in [1.54, 1.807) is 11.7 Å². The van der Waals surface area contributed by atoms with E-state index in [1.807, 2.05) is 13.0 Å². The summed E-state index contributed by atoms with van der Waals surface area (Å²) in [7, 11) is 1.76. The van der Waals surface area contributed by atoms with Crippen molar-refractivity contribution in [2.45, 2.75) is 13.5 Å². The molecule has 0 atom stereocenters. The minimum absolute atomic E-state index is 0.159. The molecule has 0 aromatic carbocycles. The number of aromatic carboxylic acids is 1. The Morgan fingerprint density at radius 1 is 1.39 bits per heavy atom. The van der Waals surface area contributed by atoms with Crippen LogP contribution in [0.3, 0.4) is 0 Å². The summed E-state index contributed by atoms with van der Waals surface area (Å²) in [6, 6.07) is 4.21. The molecule has 0 amide bonds. The first-order chi connectivity index (χ1) is 8.47. The number of aromatic nitrogens is 4. The highest BCUT2D eigenvalue weighted by atomic mass is 16.4. The molecule has 7 heteroatoms. The number of carboxylic acid groups (broad SMARTS) is 1. The summed E-state index contributed by atoms with van der Waals surface area (Å²) in [5.74, 6) is -1.16. The van der Waals surface area contributed by atoms with Crippen LogP contribution in [0.5, 0.6) is 0 Å². The smallest absolute Gasteiger partial charge is 0.356 e. The highest BCUT2D eigenvalue weighted by Crippen LogP contribution is 2.02. The van der Waals surface area contributed by atoms with Gasteiger partial charge in [-0.25, -0.2) is 9.48 Å². The van der Waals surface area contributed by atoms with Crippen molar-refractivity contribution in [2.24, 2.45) is 7.05 Å². The van der Waals surface area contributed by atoms with E-state index in [9.17, 15) is 9.59 Å². The fraction of sp³-hybridized carbons (Fsp3) is 0.273. The highest BCUT2D eigenvalue weighted by Gasteiger charge is 2.09. The van der Waals surface area contributed by atoms with Crippen LogP contribution < -0.4 is 5.56 Å². The second-order valence-corrected chi connectivity index (χ2v) is 3.92. The van der Waals surface area contributed by atoms with E-state index in [2.05, 4.69) is 10.2 Å². The van der Waals surface area contributed by atoms with E-state index in [-0.39, 0.29) is 17.8 Å². The molecule has 2 rings (SSSR count). The lowest BCUT2D eigenvalue weighted by Crippen LogP contribution is -2.25. The first-order valence-electron chi connectivity index (χ1n) is 5.28. The summed E-state index contributed by atoms with van der Waals surface area (Å²) >= 11 is 0. The monoisotopic (exact) mass is 248 g/mol. The molecular formula is C11H12N4O3. The number of carbonyl (C=O) groups is 1. The lowest BCUT2D eigenvalue weighted by Gasteiger charge is -2.05. The van der Waals surface area contributed by atoms with Gasteiger partial charge in [0.1, 0.15) is 0 Å². The van der Waals surface area contributed by atoms with Gasteiger partial charge in [-0.05, 0) is 19.1 Å². The van der Waals surface area contributed by atoms with Crippen molar-refractivity contribution in [3.63, 3.8) is 0 Å². The SMILES string of the molecule is Cc1cc(Cn2nc(C(=O)O)ccc2=O)n(C)n1. The molecule has 7 nitrogen and oxygen atoms in total. The topological polar surface area (TPSA) is 90.0 Å². The van der Waals surface area contributed by atoms with E-state index in [4.69, 9.17) is 5.11 Å². The van der Waals surface area contributed by atoms with Crippen LogP contribution in [0.4, 0.5) is 0 Å². The lowest BCUT2D eigenvalue weighted by molar-refractivity contribution is 0.0687. The Morgan fingerprint density at radius 2 is 2.11 bits per heavy atom. The summed E-state index contributed by atoms with van der Waals surface area (Å²) in [6.07, 6.45) is 0. The Balaban J connectivity index is 2.39. The van der Waals surface area contributed by atoms with Crippen molar-refractivity contribution in [1.82, 2.24) is 19.6 Å². The van der Waals surface area contributed by atoms with Crippen LogP contribution >= 0.6 is 0 Å². The molecule has 1 N–H and O–H groups in total. The Bertz CT molecular complexity index is 657. The Kier molecular flexibility index (Phi) is 2.97. The van der Waals surface area contributed by atoms with Gasteiger partial charge in [-0.3, -0.25) is 9.48 Å². The molecular weight excluding hydrogens is 236 g/mol. The van der Waals surface area contributed by atoms with Crippen LogP contribution in [0.25, 0.3) is 0 Å². The van der Waals surface area contributed by atoms with Crippen molar-refractivity contribution in [1.29, 1.82) is 0 Å². The minimum Gasteiger partial charge on any atom is -0.476 e. The number of rotatable bonds is 3. The number of aryl methyl sites for hydroxylation is 2. The van der Waals surface area contributed by atoms with Crippen molar-refractivity contribution < 1.29 is 9.90 Å². The third-order valence-electron chi connectivity index (χ3n) is 2.50. The van der Waals surface area contributed by atoms with Crippen LogP contribution in [0.2, 0.25) is 0 Å². The molecule has 94 valence electrons. The van der Waals surface area contributed by atoms with Gasteiger partial charge in [0.05, 0.1) is 17.9 Å². The molecule has 0 saturated carbocycles. The summed E-state index contributed by atoms with van der Waals surface area (Å²) in [5, 5.41) is 16.8. The zero-order valence-electron chi connectivity index (χ0n) is 9.99. The first-order valence-corrected chi connectivity index (χ1v) is 5.28. The molecule has 0 aliphatic rings. The first kappa shape index (κ1) is 12.0. The third-order valence-corrected chi connectivity index (χ3v) is 2.50. The van der Waals surface area contributed by atoms with Gasteiger partial charge >= 0.3 is 5.97 Å². The quantitative estimate of drug-likeness (QED) is 0.827. The second-order valence-electron chi connectivity index (χ2n) is 3.92. The number of hydrogen-bond donors (Lipinski definition) is 1. The largest absolute Gasteiger partial charge is 0.476 e. The normalized spacial score (nSPS) is 10.6. The van der Waals surface area contributed by atoms with Gasteiger partial charge in [0.25, 0.3) is 5.56 Å². The minimum atomic E-state index is -1.16. The van der Waals surface area contributed by atoms with Crippen molar-refractivity contribution in [3.05, 3.63) is 45.6 Å². The predicted molar refractivity (Wildman–Crippen MR) is 62.5 cm³/mol. The molecule has 2 aromatic rings. The van der Waals surface area contributed by atoms with E-state index in [0.29, 0.717) is 0 Å². The van der Waals surface area contributed by atoms with Crippen molar-refractivity contribution in [3.8, 4) is 0 Å². The summed E-state index contributed by atoms with van der Waals surface area (Å²) < 4.78 is 2.75.